The number of thioether (sulfide) groups is 1. The maximum Gasteiger partial charge on any atom is 0.129 e. The van der Waals surface area contributed by atoms with E-state index in [4.69, 9.17) is 0 Å². The van der Waals surface area contributed by atoms with Crippen LogP contribution in [0.4, 0.5) is 5.82 Å². The molecule has 0 fully saturated rings. The Morgan fingerprint density at radius 3 is 3.06 bits per heavy atom. The van der Waals surface area contributed by atoms with Crippen LogP contribution in [0.25, 0.3) is 10.9 Å². The van der Waals surface area contributed by atoms with Crippen molar-refractivity contribution in [3.05, 3.63) is 48.6 Å². The molecule has 0 aliphatic heterocycles. The first-order valence-electron chi connectivity index (χ1n) is 6.10. The van der Waals surface area contributed by atoms with Crippen molar-refractivity contribution in [2.75, 3.05) is 23.4 Å². The summed E-state index contributed by atoms with van der Waals surface area (Å²) in [6.07, 6.45) is 1.93. The Labute approximate surface area is 113 Å². The fraction of sp³-hybridized carbons (Fsp3) is 0.267. The van der Waals surface area contributed by atoms with E-state index in [1.807, 2.05) is 36.0 Å². The molecule has 2 aromatic rings. The van der Waals surface area contributed by atoms with Gasteiger partial charge in [0.1, 0.15) is 5.82 Å². The average Bonchev–Trinajstić information content (AvgIpc) is 2.39. The Kier molecular flexibility index (Phi) is 4.65. The first-order valence-corrected chi connectivity index (χ1v) is 7.25. The first-order chi connectivity index (χ1) is 8.81. The van der Waals surface area contributed by atoms with Gasteiger partial charge >= 0.3 is 0 Å². The molecule has 18 heavy (non-hydrogen) atoms. The van der Waals surface area contributed by atoms with Crippen LogP contribution in [0.2, 0.25) is 0 Å². The minimum atomic E-state index is 0.935. The highest BCUT2D eigenvalue weighted by atomic mass is 32.2. The predicted molar refractivity (Wildman–Crippen MR) is 82.5 cm³/mol. The molecule has 94 valence electrons. The van der Waals surface area contributed by atoms with Gasteiger partial charge in [-0.1, -0.05) is 24.3 Å². The van der Waals surface area contributed by atoms with Crippen LogP contribution >= 0.6 is 11.8 Å². The molecular formula is C15H18N2S. The summed E-state index contributed by atoms with van der Waals surface area (Å²) in [5.41, 5.74) is 2.24. The maximum atomic E-state index is 4.65. The number of pyridine rings is 1. The molecule has 0 amide bonds. The lowest BCUT2D eigenvalue weighted by atomic mass is 10.1. The van der Waals surface area contributed by atoms with Gasteiger partial charge in [0.25, 0.3) is 0 Å². The number of nitrogens with zero attached hydrogens (tertiary/aromatic N) is 1. The Morgan fingerprint density at radius 2 is 2.22 bits per heavy atom. The van der Waals surface area contributed by atoms with Gasteiger partial charge in [0, 0.05) is 23.4 Å². The fourth-order valence-corrected chi connectivity index (χ4v) is 2.39. The van der Waals surface area contributed by atoms with Gasteiger partial charge in [0.15, 0.2) is 0 Å². The second-order valence-electron chi connectivity index (χ2n) is 4.14. The molecule has 0 aliphatic carbocycles. The van der Waals surface area contributed by atoms with Crippen LogP contribution in [-0.2, 0) is 0 Å². The standard InChI is InChI=1S/C15H18N2S/c1-3-9-18-10-8-16-15-12(2)11-13-6-4-5-7-14(13)17-15/h3-7,11H,1,8-10H2,2H3,(H,16,17). The van der Waals surface area contributed by atoms with Crippen LogP contribution in [0.5, 0.6) is 0 Å². The molecule has 0 saturated carbocycles. The normalized spacial score (nSPS) is 10.5. The molecule has 0 radical (unpaired) electrons. The molecular weight excluding hydrogens is 240 g/mol. The minimum Gasteiger partial charge on any atom is -0.369 e. The molecule has 2 rings (SSSR count). The van der Waals surface area contributed by atoms with Crippen molar-refractivity contribution in [1.82, 2.24) is 4.98 Å². The van der Waals surface area contributed by atoms with E-state index in [-0.39, 0.29) is 0 Å². The number of hydrogen-bond donors (Lipinski definition) is 1. The van der Waals surface area contributed by atoms with Crippen LogP contribution in [0.3, 0.4) is 0 Å². The number of aryl methyl sites for hydroxylation is 1. The number of benzene rings is 1. The number of fused-ring (bicyclic) bond motifs is 1. The molecule has 0 atom stereocenters. The summed E-state index contributed by atoms with van der Waals surface area (Å²) in [6, 6.07) is 10.4. The van der Waals surface area contributed by atoms with Gasteiger partial charge in [-0.2, -0.15) is 11.8 Å². The summed E-state index contributed by atoms with van der Waals surface area (Å²) < 4.78 is 0. The molecule has 3 heteroatoms. The fourth-order valence-electron chi connectivity index (χ4n) is 1.81. The van der Waals surface area contributed by atoms with E-state index >= 15 is 0 Å². The lowest BCUT2D eigenvalue weighted by Gasteiger charge is -2.09. The van der Waals surface area contributed by atoms with Crippen molar-refractivity contribution < 1.29 is 0 Å². The number of hydrogen-bond acceptors (Lipinski definition) is 3. The van der Waals surface area contributed by atoms with Crippen LogP contribution in [0.15, 0.2) is 43.0 Å². The van der Waals surface area contributed by atoms with Gasteiger partial charge in [0.05, 0.1) is 5.52 Å². The molecule has 1 aromatic heterocycles. The quantitative estimate of drug-likeness (QED) is 0.629. The first kappa shape index (κ1) is 13.0. The van der Waals surface area contributed by atoms with E-state index in [9.17, 15) is 0 Å². The number of rotatable bonds is 6. The summed E-state index contributed by atoms with van der Waals surface area (Å²) >= 11 is 1.87. The van der Waals surface area contributed by atoms with Crippen LogP contribution < -0.4 is 5.32 Å². The third-order valence-corrected chi connectivity index (χ3v) is 3.65. The van der Waals surface area contributed by atoms with E-state index < -0.39 is 0 Å². The largest absolute Gasteiger partial charge is 0.369 e. The van der Waals surface area contributed by atoms with E-state index in [0.717, 1.165) is 29.4 Å². The van der Waals surface area contributed by atoms with Gasteiger partial charge in [-0.05, 0) is 24.6 Å². The lowest BCUT2D eigenvalue weighted by molar-refractivity contribution is 1.17. The van der Waals surface area contributed by atoms with Gasteiger partial charge in [-0.15, -0.1) is 6.58 Å². The monoisotopic (exact) mass is 258 g/mol. The number of aromatic nitrogens is 1. The van der Waals surface area contributed by atoms with Gasteiger partial charge < -0.3 is 5.32 Å². The third-order valence-electron chi connectivity index (χ3n) is 2.69. The third kappa shape index (κ3) is 3.26. The molecule has 1 N–H and O–H groups in total. The van der Waals surface area contributed by atoms with Crippen LogP contribution in [0, 0.1) is 6.92 Å². The number of nitrogens with one attached hydrogen (secondary N) is 1. The van der Waals surface area contributed by atoms with Crippen molar-refractivity contribution in [2.24, 2.45) is 0 Å². The van der Waals surface area contributed by atoms with Crippen molar-refractivity contribution in [1.29, 1.82) is 0 Å². The molecule has 0 spiro atoms. The summed E-state index contributed by atoms with van der Waals surface area (Å²) in [5, 5.41) is 4.59. The number of anilines is 1. The summed E-state index contributed by atoms with van der Waals surface area (Å²) in [5.74, 6) is 3.07. The van der Waals surface area contributed by atoms with Crippen molar-refractivity contribution >= 4 is 28.5 Å². The Balaban J connectivity index is 2.03. The van der Waals surface area contributed by atoms with Crippen molar-refractivity contribution in [3.63, 3.8) is 0 Å². The highest BCUT2D eigenvalue weighted by molar-refractivity contribution is 7.99. The summed E-state index contributed by atoms with van der Waals surface area (Å²) in [6.45, 7) is 6.74. The zero-order valence-corrected chi connectivity index (χ0v) is 11.5. The minimum absolute atomic E-state index is 0.935. The summed E-state index contributed by atoms with van der Waals surface area (Å²) in [7, 11) is 0. The highest BCUT2D eigenvalue weighted by Gasteiger charge is 2.02. The second-order valence-corrected chi connectivity index (χ2v) is 5.29. The lowest BCUT2D eigenvalue weighted by Crippen LogP contribution is -2.07. The van der Waals surface area contributed by atoms with Crippen molar-refractivity contribution in [2.45, 2.75) is 6.92 Å². The SMILES string of the molecule is C=CCSCCNc1nc2ccccc2cc1C. The van der Waals surface area contributed by atoms with E-state index in [2.05, 4.69) is 35.9 Å². The Morgan fingerprint density at radius 1 is 1.39 bits per heavy atom. The van der Waals surface area contributed by atoms with E-state index in [1.165, 1.54) is 10.9 Å². The molecule has 0 saturated heterocycles. The number of para-hydroxylation sites is 1. The van der Waals surface area contributed by atoms with E-state index in [0.29, 0.717) is 0 Å². The van der Waals surface area contributed by atoms with Crippen molar-refractivity contribution in [3.8, 4) is 0 Å². The zero-order valence-electron chi connectivity index (χ0n) is 10.6. The summed E-state index contributed by atoms with van der Waals surface area (Å²) in [4.78, 5) is 4.65. The van der Waals surface area contributed by atoms with Gasteiger partial charge in [-0.25, -0.2) is 4.98 Å². The van der Waals surface area contributed by atoms with Crippen LogP contribution in [-0.4, -0.2) is 23.0 Å². The predicted octanol–water partition coefficient (Wildman–Crippen LogP) is 3.87. The maximum absolute atomic E-state index is 4.65. The van der Waals surface area contributed by atoms with Crippen LogP contribution in [0.1, 0.15) is 5.56 Å². The molecule has 0 unspecified atom stereocenters. The smallest absolute Gasteiger partial charge is 0.129 e. The van der Waals surface area contributed by atoms with Gasteiger partial charge in [0.2, 0.25) is 0 Å². The average molecular weight is 258 g/mol. The Hall–Kier alpha value is -1.48. The van der Waals surface area contributed by atoms with Gasteiger partial charge in [-0.3, -0.25) is 0 Å². The zero-order chi connectivity index (χ0) is 12.8. The highest BCUT2D eigenvalue weighted by Crippen LogP contribution is 2.19. The Bertz CT molecular complexity index is 537. The molecule has 2 nitrogen and oxygen atoms in total. The second kappa shape index (κ2) is 6.45. The molecule has 1 heterocycles. The molecule has 0 aliphatic rings. The topological polar surface area (TPSA) is 24.9 Å². The molecule has 1 aromatic carbocycles. The van der Waals surface area contributed by atoms with E-state index in [1.54, 1.807) is 0 Å². The molecule has 0 bridgehead atoms.